The molecule has 96 valence electrons. The Morgan fingerprint density at radius 1 is 1.47 bits per heavy atom. The molecule has 1 aliphatic carbocycles. The maximum atomic E-state index is 11.2. The summed E-state index contributed by atoms with van der Waals surface area (Å²) in [4.78, 5) is 21.3. The van der Waals surface area contributed by atoms with E-state index in [1.165, 1.54) is 6.08 Å². The number of carbonyl (C=O) groups is 2. The van der Waals surface area contributed by atoms with E-state index in [9.17, 15) is 9.59 Å². The Balaban J connectivity index is 2.45. The van der Waals surface area contributed by atoms with Crippen LogP contribution in [0.2, 0.25) is 0 Å². The van der Waals surface area contributed by atoms with Gasteiger partial charge in [-0.2, -0.15) is 0 Å². The third-order valence-electron chi connectivity index (χ3n) is 2.97. The lowest BCUT2D eigenvalue weighted by atomic mass is 10.1. The Labute approximate surface area is 110 Å². The summed E-state index contributed by atoms with van der Waals surface area (Å²) in [5.74, 6) is -2.00. The van der Waals surface area contributed by atoms with Crippen molar-refractivity contribution < 1.29 is 19.4 Å². The van der Waals surface area contributed by atoms with Gasteiger partial charge in [-0.1, -0.05) is 19.9 Å². The van der Waals surface area contributed by atoms with Crippen LogP contribution in [0.15, 0.2) is 12.2 Å². The Hall–Kier alpha value is -0.740. The highest BCUT2D eigenvalue weighted by Gasteiger charge is 2.60. The largest absolute Gasteiger partial charge is 0.481 e. The molecule has 1 rings (SSSR count). The van der Waals surface area contributed by atoms with Crippen molar-refractivity contribution in [2.24, 2.45) is 17.3 Å². The second-order valence-electron chi connectivity index (χ2n) is 4.54. The first-order valence-electron chi connectivity index (χ1n) is 5.12. The third kappa shape index (κ3) is 3.61. The predicted octanol–water partition coefficient (Wildman–Crippen LogP) is 2.25. The first-order chi connectivity index (χ1) is 7.76. The number of ether oxygens (including phenoxy) is 1. The van der Waals surface area contributed by atoms with Crippen LogP contribution in [-0.2, 0) is 14.3 Å². The van der Waals surface area contributed by atoms with Crippen LogP contribution in [0.4, 0.5) is 0 Å². The molecule has 4 nitrogen and oxygen atoms in total. The topological polar surface area (TPSA) is 63.6 Å². The molecule has 0 spiro atoms. The average Bonchev–Trinajstić information content (AvgIpc) is 2.74. The summed E-state index contributed by atoms with van der Waals surface area (Å²) in [5.41, 5.74) is -0.315. The Kier molecular flexibility index (Phi) is 4.44. The molecule has 0 bridgehead atoms. The number of hydrogen-bond donors (Lipinski definition) is 1. The number of esters is 1. The molecule has 0 unspecified atom stereocenters. The normalized spacial score (nSPS) is 26.2. The molecule has 1 aliphatic rings. The summed E-state index contributed by atoms with van der Waals surface area (Å²) in [5, 5.41) is 8.92. The van der Waals surface area contributed by atoms with E-state index in [2.05, 4.69) is 0 Å². The molecule has 6 heteroatoms. The fourth-order valence-corrected chi connectivity index (χ4v) is 2.01. The molecule has 0 aromatic carbocycles. The van der Waals surface area contributed by atoms with Gasteiger partial charge >= 0.3 is 11.9 Å². The summed E-state index contributed by atoms with van der Waals surface area (Å²) in [6.45, 7) is 3.61. The van der Waals surface area contributed by atoms with Gasteiger partial charge in [-0.3, -0.25) is 4.79 Å². The fraction of sp³-hybridized carbons (Fsp3) is 0.636. The standard InChI is InChI=1S/C11H14Cl2O4/c1-11(2)6(9(11)10(15)16)3-4-8(14)17-5-7(12)13/h3-4,6-7,9H,5H2,1-2H3,(H,15,16)/t6-,9-/m0/s1. The Bertz CT molecular complexity index is 349. The quantitative estimate of drug-likeness (QED) is 0.477. The number of carboxylic acids is 1. The smallest absolute Gasteiger partial charge is 0.330 e. The van der Waals surface area contributed by atoms with Crippen molar-refractivity contribution in [1.82, 2.24) is 0 Å². The summed E-state index contributed by atoms with van der Waals surface area (Å²) < 4.78 is 4.71. The Morgan fingerprint density at radius 3 is 2.47 bits per heavy atom. The van der Waals surface area contributed by atoms with Crippen LogP contribution < -0.4 is 0 Å². The molecular formula is C11H14Cl2O4. The maximum Gasteiger partial charge on any atom is 0.330 e. The van der Waals surface area contributed by atoms with Crippen molar-refractivity contribution in [3.63, 3.8) is 0 Å². The summed E-state index contributed by atoms with van der Waals surface area (Å²) in [7, 11) is 0. The molecule has 1 fully saturated rings. The number of carbonyl (C=O) groups excluding carboxylic acids is 1. The molecule has 1 saturated carbocycles. The molecule has 0 aliphatic heterocycles. The molecular weight excluding hydrogens is 267 g/mol. The van der Waals surface area contributed by atoms with Gasteiger partial charge in [0.15, 0.2) is 0 Å². The number of halogens is 2. The highest BCUT2D eigenvalue weighted by Crippen LogP contribution is 2.58. The number of rotatable bonds is 5. The highest BCUT2D eigenvalue weighted by molar-refractivity contribution is 6.44. The van der Waals surface area contributed by atoms with E-state index in [0.29, 0.717) is 0 Å². The monoisotopic (exact) mass is 280 g/mol. The molecule has 0 radical (unpaired) electrons. The SMILES string of the molecule is CC1(C)[C@H](C(=O)O)[C@@H]1C=CC(=O)OCC(Cl)Cl. The second kappa shape index (κ2) is 5.27. The van der Waals surface area contributed by atoms with Crippen molar-refractivity contribution in [1.29, 1.82) is 0 Å². The van der Waals surface area contributed by atoms with Crippen LogP contribution in [0.5, 0.6) is 0 Å². The van der Waals surface area contributed by atoms with Crippen molar-refractivity contribution >= 4 is 35.1 Å². The van der Waals surface area contributed by atoms with Crippen LogP contribution in [0, 0.1) is 17.3 Å². The van der Waals surface area contributed by atoms with Gasteiger partial charge in [0.05, 0.1) is 5.92 Å². The van der Waals surface area contributed by atoms with Crippen molar-refractivity contribution in [2.45, 2.75) is 18.7 Å². The van der Waals surface area contributed by atoms with Crippen molar-refractivity contribution in [3.8, 4) is 0 Å². The minimum atomic E-state index is -0.848. The molecule has 0 aromatic rings. The van der Waals surface area contributed by atoms with E-state index in [-0.39, 0.29) is 17.9 Å². The average molecular weight is 281 g/mol. The van der Waals surface area contributed by atoms with Crippen LogP contribution in [0.3, 0.4) is 0 Å². The van der Waals surface area contributed by atoms with Crippen LogP contribution in [0.1, 0.15) is 13.8 Å². The Morgan fingerprint density at radius 2 is 2.06 bits per heavy atom. The van der Waals surface area contributed by atoms with Gasteiger partial charge in [-0.25, -0.2) is 4.79 Å². The lowest BCUT2D eigenvalue weighted by Crippen LogP contribution is -2.07. The number of alkyl halides is 2. The van der Waals surface area contributed by atoms with Crippen LogP contribution >= 0.6 is 23.2 Å². The van der Waals surface area contributed by atoms with Crippen LogP contribution in [-0.4, -0.2) is 28.5 Å². The third-order valence-corrected chi connectivity index (χ3v) is 3.22. The minimum Gasteiger partial charge on any atom is -0.481 e. The summed E-state index contributed by atoms with van der Waals surface area (Å²) >= 11 is 10.8. The highest BCUT2D eigenvalue weighted by atomic mass is 35.5. The lowest BCUT2D eigenvalue weighted by molar-refractivity contribution is -0.140. The second-order valence-corrected chi connectivity index (χ2v) is 5.82. The van der Waals surface area contributed by atoms with Gasteiger partial charge in [0, 0.05) is 6.08 Å². The fourth-order valence-electron chi connectivity index (χ4n) is 1.88. The number of allylic oxidation sites excluding steroid dienone is 1. The molecule has 0 aromatic heterocycles. The van der Waals surface area contributed by atoms with E-state index in [1.54, 1.807) is 6.08 Å². The molecule has 0 amide bonds. The zero-order chi connectivity index (χ0) is 13.2. The van der Waals surface area contributed by atoms with Crippen molar-refractivity contribution in [3.05, 3.63) is 12.2 Å². The zero-order valence-corrected chi connectivity index (χ0v) is 11.0. The zero-order valence-electron chi connectivity index (χ0n) is 9.52. The van der Waals surface area contributed by atoms with Gasteiger partial charge in [-0.15, -0.1) is 23.2 Å². The summed E-state index contributed by atoms with van der Waals surface area (Å²) in [6.07, 6.45) is 2.80. The summed E-state index contributed by atoms with van der Waals surface area (Å²) in [6, 6.07) is 0. The maximum absolute atomic E-state index is 11.2. The lowest BCUT2D eigenvalue weighted by Gasteiger charge is -2.01. The van der Waals surface area contributed by atoms with E-state index < -0.39 is 22.7 Å². The molecule has 17 heavy (non-hydrogen) atoms. The van der Waals surface area contributed by atoms with Crippen LogP contribution in [0.25, 0.3) is 0 Å². The number of hydrogen-bond acceptors (Lipinski definition) is 3. The molecule has 1 N–H and O–H groups in total. The van der Waals surface area contributed by atoms with Gasteiger partial charge in [0.2, 0.25) is 0 Å². The minimum absolute atomic E-state index is 0.0807. The molecule has 0 heterocycles. The molecule has 0 saturated heterocycles. The van der Waals surface area contributed by atoms with Gasteiger partial charge in [0.1, 0.15) is 11.4 Å². The number of aliphatic carboxylic acids is 1. The predicted molar refractivity (Wildman–Crippen MR) is 64.0 cm³/mol. The van der Waals surface area contributed by atoms with Gasteiger partial charge in [0.25, 0.3) is 0 Å². The van der Waals surface area contributed by atoms with E-state index in [1.807, 2.05) is 13.8 Å². The first-order valence-corrected chi connectivity index (χ1v) is 6.00. The van der Waals surface area contributed by atoms with E-state index in [0.717, 1.165) is 0 Å². The van der Waals surface area contributed by atoms with Gasteiger partial charge < -0.3 is 9.84 Å². The van der Waals surface area contributed by atoms with Crippen molar-refractivity contribution in [2.75, 3.05) is 6.61 Å². The van der Waals surface area contributed by atoms with E-state index >= 15 is 0 Å². The van der Waals surface area contributed by atoms with Gasteiger partial charge in [-0.05, 0) is 11.3 Å². The first kappa shape index (κ1) is 14.3. The molecule has 2 atom stereocenters. The van der Waals surface area contributed by atoms with E-state index in [4.69, 9.17) is 33.0 Å². The number of carboxylic acid groups (broad SMARTS) is 1.